The van der Waals surface area contributed by atoms with Crippen LogP contribution in [0.5, 0.6) is 0 Å². The lowest BCUT2D eigenvalue weighted by Crippen LogP contribution is -2.35. The summed E-state index contributed by atoms with van der Waals surface area (Å²) >= 11 is 0. The Morgan fingerprint density at radius 2 is 2.16 bits per heavy atom. The summed E-state index contributed by atoms with van der Waals surface area (Å²) in [6.07, 6.45) is 0.922. The molecule has 1 atom stereocenters. The van der Waals surface area contributed by atoms with E-state index in [-0.39, 0.29) is 11.9 Å². The van der Waals surface area contributed by atoms with Gasteiger partial charge >= 0.3 is 0 Å². The van der Waals surface area contributed by atoms with Gasteiger partial charge in [-0.15, -0.1) is 0 Å². The Labute approximate surface area is 115 Å². The first kappa shape index (κ1) is 15.4. The number of nitrogens with one attached hydrogen (secondary N) is 2. The van der Waals surface area contributed by atoms with Gasteiger partial charge in [-0.1, -0.05) is 6.07 Å². The first-order valence-corrected chi connectivity index (χ1v) is 6.69. The first-order chi connectivity index (χ1) is 9.02. The molecule has 0 bridgehead atoms. The lowest BCUT2D eigenvalue weighted by Gasteiger charge is -2.16. The molecular formula is C14H24N4O. The molecule has 1 aromatic rings. The number of anilines is 1. The molecule has 0 spiro atoms. The average Bonchev–Trinajstić information content (AvgIpc) is 2.37. The number of hydrogen-bond donors (Lipinski definition) is 2. The molecule has 0 aliphatic carbocycles. The fraction of sp³-hybridized carbons (Fsp3) is 0.571. The van der Waals surface area contributed by atoms with Gasteiger partial charge in [0.15, 0.2) is 0 Å². The van der Waals surface area contributed by atoms with Gasteiger partial charge in [0.1, 0.15) is 11.5 Å². The number of carbonyl (C=O) groups excluding carboxylic acids is 1. The van der Waals surface area contributed by atoms with E-state index in [1.807, 2.05) is 40.1 Å². The van der Waals surface area contributed by atoms with Crippen LogP contribution in [0.4, 0.5) is 5.82 Å². The van der Waals surface area contributed by atoms with Crippen molar-refractivity contribution in [3.05, 3.63) is 23.9 Å². The van der Waals surface area contributed by atoms with Crippen molar-refractivity contribution in [2.75, 3.05) is 32.5 Å². The van der Waals surface area contributed by atoms with Gasteiger partial charge in [-0.3, -0.25) is 4.79 Å². The van der Waals surface area contributed by atoms with Gasteiger partial charge in [0, 0.05) is 12.6 Å². The van der Waals surface area contributed by atoms with Crippen LogP contribution in [0.1, 0.15) is 30.8 Å². The van der Waals surface area contributed by atoms with Gasteiger partial charge in [-0.05, 0) is 53.0 Å². The summed E-state index contributed by atoms with van der Waals surface area (Å²) in [6.45, 7) is 5.75. The highest BCUT2D eigenvalue weighted by molar-refractivity contribution is 5.92. The van der Waals surface area contributed by atoms with Crippen LogP contribution in [0.3, 0.4) is 0 Å². The molecule has 19 heavy (non-hydrogen) atoms. The molecule has 1 heterocycles. The summed E-state index contributed by atoms with van der Waals surface area (Å²) in [6, 6.07) is 5.56. The number of pyridine rings is 1. The monoisotopic (exact) mass is 264 g/mol. The van der Waals surface area contributed by atoms with Crippen molar-refractivity contribution in [2.24, 2.45) is 0 Å². The molecule has 106 valence electrons. The predicted molar refractivity (Wildman–Crippen MR) is 78.5 cm³/mol. The standard InChI is InChI=1S/C14H24N4O/c1-5-15-13-8-6-7-12(17-13)14(19)16-11(2)9-10-18(3)4/h6-8,11H,5,9-10H2,1-4H3,(H,15,17)(H,16,19). The molecule has 0 fully saturated rings. The normalized spacial score (nSPS) is 12.3. The maximum absolute atomic E-state index is 12.0. The second-order valence-electron chi connectivity index (χ2n) is 4.90. The van der Waals surface area contributed by atoms with Crippen LogP contribution in [0.15, 0.2) is 18.2 Å². The van der Waals surface area contributed by atoms with Crippen LogP contribution in [-0.4, -0.2) is 49.0 Å². The fourth-order valence-corrected chi connectivity index (χ4v) is 1.66. The van der Waals surface area contributed by atoms with Crippen molar-refractivity contribution in [3.8, 4) is 0 Å². The third-order valence-corrected chi connectivity index (χ3v) is 2.73. The molecule has 5 nitrogen and oxygen atoms in total. The van der Waals surface area contributed by atoms with E-state index in [1.165, 1.54) is 0 Å². The minimum atomic E-state index is -0.119. The number of aromatic nitrogens is 1. The molecule has 0 aliphatic heterocycles. The molecule has 1 aromatic heterocycles. The molecule has 0 aromatic carbocycles. The zero-order valence-corrected chi connectivity index (χ0v) is 12.2. The Hall–Kier alpha value is -1.62. The van der Waals surface area contributed by atoms with Crippen LogP contribution in [0.2, 0.25) is 0 Å². The minimum Gasteiger partial charge on any atom is -0.370 e. The van der Waals surface area contributed by atoms with Gasteiger partial charge in [0.25, 0.3) is 5.91 Å². The zero-order chi connectivity index (χ0) is 14.3. The van der Waals surface area contributed by atoms with E-state index >= 15 is 0 Å². The molecule has 0 aliphatic rings. The number of nitrogens with zero attached hydrogens (tertiary/aromatic N) is 2. The number of carbonyl (C=O) groups is 1. The topological polar surface area (TPSA) is 57.3 Å². The van der Waals surface area contributed by atoms with Crippen molar-refractivity contribution in [1.29, 1.82) is 0 Å². The third kappa shape index (κ3) is 5.70. The highest BCUT2D eigenvalue weighted by Gasteiger charge is 2.11. The van der Waals surface area contributed by atoms with Crippen molar-refractivity contribution < 1.29 is 4.79 Å². The van der Waals surface area contributed by atoms with Crippen molar-refractivity contribution in [2.45, 2.75) is 26.3 Å². The molecule has 1 amide bonds. The minimum absolute atomic E-state index is 0.119. The quantitative estimate of drug-likeness (QED) is 0.785. The Kier molecular flexibility index (Phi) is 6.29. The maximum atomic E-state index is 12.0. The van der Waals surface area contributed by atoms with E-state index in [1.54, 1.807) is 6.07 Å². The van der Waals surface area contributed by atoms with Crippen LogP contribution in [-0.2, 0) is 0 Å². The van der Waals surface area contributed by atoms with Crippen LogP contribution in [0, 0.1) is 0 Å². The van der Waals surface area contributed by atoms with Crippen molar-refractivity contribution >= 4 is 11.7 Å². The first-order valence-electron chi connectivity index (χ1n) is 6.69. The lowest BCUT2D eigenvalue weighted by molar-refractivity contribution is 0.0932. The number of hydrogen-bond acceptors (Lipinski definition) is 4. The summed E-state index contributed by atoms with van der Waals surface area (Å²) in [5.41, 5.74) is 0.454. The number of amides is 1. The Bertz CT molecular complexity index is 406. The van der Waals surface area contributed by atoms with Gasteiger partial charge in [0.05, 0.1) is 0 Å². The van der Waals surface area contributed by atoms with Crippen LogP contribution < -0.4 is 10.6 Å². The van der Waals surface area contributed by atoms with Crippen molar-refractivity contribution in [1.82, 2.24) is 15.2 Å². The highest BCUT2D eigenvalue weighted by Crippen LogP contribution is 2.05. The van der Waals surface area contributed by atoms with E-state index < -0.39 is 0 Å². The Balaban J connectivity index is 2.55. The molecule has 1 rings (SSSR count). The molecule has 5 heteroatoms. The van der Waals surface area contributed by atoms with Gasteiger partial charge in [-0.2, -0.15) is 0 Å². The zero-order valence-electron chi connectivity index (χ0n) is 12.2. The average molecular weight is 264 g/mol. The molecule has 2 N–H and O–H groups in total. The lowest BCUT2D eigenvalue weighted by atomic mass is 10.2. The van der Waals surface area contributed by atoms with Gasteiger partial charge < -0.3 is 15.5 Å². The van der Waals surface area contributed by atoms with Gasteiger partial charge in [0.2, 0.25) is 0 Å². The Morgan fingerprint density at radius 3 is 2.79 bits per heavy atom. The van der Waals surface area contributed by atoms with E-state index in [2.05, 4.69) is 20.5 Å². The second kappa shape index (κ2) is 7.74. The molecule has 0 saturated carbocycles. The second-order valence-corrected chi connectivity index (χ2v) is 4.90. The summed E-state index contributed by atoms with van der Waals surface area (Å²) in [7, 11) is 4.05. The molecule has 0 saturated heterocycles. The summed E-state index contributed by atoms with van der Waals surface area (Å²) in [5, 5.41) is 6.06. The van der Waals surface area contributed by atoms with Crippen molar-refractivity contribution in [3.63, 3.8) is 0 Å². The molecular weight excluding hydrogens is 240 g/mol. The SMILES string of the molecule is CCNc1cccc(C(=O)NC(C)CCN(C)C)n1. The van der Waals surface area contributed by atoms with Gasteiger partial charge in [-0.25, -0.2) is 4.98 Å². The van der Waals surface area contributed by atoms with E-state index in [0.29, 0.717) is 5.69 Å². The molecule has 1 unspecified atom stereocenters. The summed E-state index contributed by atoms with van der Waals surface area (Å²) in [5.74, 6) is 0.613. The highest BCUT2D eigenvalue weighted by atomic mass is 16.1. The van der Waals surface area contributed by atoms with Crippen LogP contribution in [0.25, 0.3) is 0 Å². The smallest absolute Gasteiger partial charge is 0.270 e. The maximum Gasteiger partial charge on any atom is 0.270 e. The third-order valence-electron chi connectivity index (χ3n) is 2.73. The fourth-order valence-electron chi connectivity index (χ4n) is 1.66. The largest absolute Gasteiger partial charge is 0.370 e. The van der Waals surface area contributed by atoms with E-state index in [9.17, 15) is 4.79 Å². The Morgan fingerprint density at radius 1 is 1.42 bits per heavy atom. The summed E-state index contributed by atoms with van der Waals surface area (Å²) in [4.78, 5) is 18.4. The van der Waals surface area contributed by atoms with E-state index in [0.717, 1.165) is 25.3 Å². The molecule has 0 radical (unpaired) electrons. The predicted octanol–water partition coefficient (Wildman–Crippen LogP) is 1.58. The van der Waals surface area contributed by atoms with E-state index in [4.69, 9.17) is 0 Å². The van der Waals surface area contributed by atoms with Crippen LogP contribution >= 0.6 is 0 Å². The summed E-state index contributed by atoms with van der Waals surface area (Å²) < 4.78 is 0. The number of rotatable bonds is 7.